The number of benzene rings is 3. The highest BCUT2D eigenvalue weighted by molar-refractivity contribution is 6.21. The molecule has 0 N–H and O–H groups in total. The molecule has 30 heavy (non-hydrogen) atoms. The van der Waals surface area contributed by atoms with Gasteiger partial charge in [0.1, 0.15) is 12.0 Å². The van der Waals surface area contributed by atoms with Crippen LogP contribution in [0.2, 0.25) is 0 Å². The van der Waals surface area contributed by atoms with Gasteiger partial charge in [-0.05, 0) is 57.9 Å². The summed E-state index contributed by atoms with van der Waals surface area (Å²) >= 11 is 0. The molecule has 6 nitrogen and oxygen atoms in total. The summed E-state index contributed by atoms with van der Waals surface area (Å²) in [5.41, 5.74) is 0.539. The Balaban J connectivity index is 2.09. The van der Waals surface area contributed by atoms with Gasteiger partial charge in [0.05, 0.1) is 17.8 Å². The van der Waals surface area contributed by atoms with Crippen LogP contribution in [0.4, 0.5) is 0 Å². The van der Waals surface area contributed by atoms with Crippen LogP contribution in [-0.2, 0) is 0 Å². The Morgan fingerprint density at radius 1 is 0.733 bits per heavy atom. The standard InChI is InChI=1S/C24H12N4O2/c1-30-14-3-5-16-18(7-14)20-9-21-19(8-22(20)24(16)28-12-26)17-6-13(10-29)2-4-15(17)23(21)27-11-25/h2-10H,1H3. The Morgan fingerprint density at radius 2 is 1.27 bits per heavy atom. The first-order valence-electron chi connectivity index (χ1n) is 9.11. The number of ether oxygens (including phenoxy) is 1. The Morgan fingerprint density at radius 3 is 1.80 bits per heavy atom. The van der Waals surface area contributed by atoms with Gasteiger partial charge in [-0.25, -0.2) is 0 Å². The maximum atomic E-state index is 11.3. The Hall–Kier alpha value is -4.55. The molecule has 0 fully saturated rings. The number of hydrogen-bond acceptors (Lipinski definition) is 6. The van der Waals surface area contributed by atoms with E-state index in [0.717, 1.165) is 49.4 Å². The molecule has 0 unspecified atom stereocenters. The first kappa shape index (κ1) is 17.5. The molecule has 5 rings (SSSR count). The topological polar surface area (TPSA) is 98.6 Å². The normalized spacial score (nSPS) is 12.6. The molecule has 0 radical (unpaired) electrons. The minimum Gasteiger partial charge on any atom is -0.497 e. The molecular weight excluding hydrogens is 376 g/mol. The largest absolute Gasteiger partial charge is 0.497 e. The van der Waals surface area contributed by atoms with Crippen LogP contribution in [0, 0.1) is 22.9 Å². The van der Waals surface area contributed by atoms with E-state index in [1.165, 1.54) is 0 Å². The lowest BCUT2D eigenvalue weighted by molar-refractivity contribution is 0.112. The van der Waals surface area contributed by atoms with Gasteiger partial charge >= 0.3 is 0 Å². The number of carbonyl (C=O) groups is 1. The van der Waals surface area contributed by atoms with E-state index < -0.39 is 0 Å². The van der Waals surface area contributed by atoms with Crippen LogP contribution in [0.1, 0.15) is 10.4 Å². The molecule has 0 spiro atoms. The summed E-state index contributed by atoms with van der Waals surface area (Å²) in [4.78, 5) is 19.4. The quantitative estimate of drug-likeness (QED) is 0.340. The third-order valence-corrected chi connectivity index (χ3v) is 5.49. The molecule has 0 atom stereocenters. The zero-order valence-corrected chi connectivity index (χ0v) is 15.8. The minimum atomic E-state index is 0.539. The van der Waals surface area contributed by atoms with Crippen molar-refractivity contribution in [3.8, 4) is 18.1 Å². The molecule has 0 bridgehead atoms. The average Bonchev–Trinajstić information content (AvgIpc) is 3.25. The SMILES string of the molecule is COc1ccc2c(=NC#N)c3cc4c(cc3c2c1)c(=NC#N)c1ccc(C=O)cc14. The number of nitrogens with zero attached hydrogens (tertiary/aromatic N) is 4. The van der Waals surface area contributed by atoms with Gasteiger partial charge in [-0.2, -0.15) is 20.5 Å². The van der Waals surface area contributed by atoms with Crippen LogP contribution in [0.15, 0.2) is 58.5 Å². The summed E-state index contributed by atoms with van der Waals surface area (Å²) in [7, 11) is 1.60. The van der Waals surface area contributed by atoms with Crippen molar-refractivity contribution in [2.24, 2.45) is 9.98 Å². The Labute approximate surface area is 169 Å². The lowest BCUT2D eigenvalue weighted by Crippen LogP contribution is -1.99. The van der Waals surface area contributed by atoms with Crippen molar-refractivity contribution in [1.82, 2.24) is 0 Å². The minimum absolute atomic E-state index is 0.539. The van der Waals surface area contributed by atoms with E-state index in [9.17, 15) is 15.3 Å². The zero-order chi connectivity index (χ0) is 20.8. The number of methoxy groups -OCH3 is 1. The summed E-state index contributed by atoms with van der Waals surface area (Å²) in [5.74, 6) is 0.697. The molecule has 5 aromatic carbocycles. The Kier molecular flexibility index (Phi) is 3.81. The first-order valence-corrected chi connectivity index (χ1v) is 9.11. The monoisotopic (exact) mass is 388 g/mol. The van der Waals surface area contributed by atoms with E-state index in [4.69, 9.17) is 4.74 Å². The van der Waals surface area contributed by atoms with E-state index in [1.54, 1.807) is 19.2 Å². The fourth-order valence-electron chi connectivity index (χ4n) is 4.21. The van der Waals surface area contributed by atoms with Crippen LogP contribution < -0.4 is 15.5 Å². The highest BCUT2D eigenvalue weighted by Crippen LogP contribution is 2.33. The van der Waals surface area contributed by atoms with Crippen molar-refractivity contribution in [3.05, 3.63) is 64.8 Å². The van der Waals surface area contributed by atoms with Gasteiger partial charge in [-0.3, -0.25) is 4.79 Å². The fourth-order valence-corrected chi connectivity index (χ4v) is 4.21. The van der Waals surface area contributed by atoms with Crippen LogP contribution in [-0.4, -0.2) is 13.4 Å². The number of rotatable bonds is 2. The summed E-state index contributed by atoms with van der Waals surface area (Å²) in [6, 6.07) is 14.9. The predicted molar refractivity (Wildman–Crippen MR) is 113 cm³/mol. The average molecular weight is 388 g/mol. The van der Waals surface area contributed by atoms with Crippen molar-refractivity contribution in [2.45, 2.75) is 0 Å². The van der Waals surface area contributed by atoms with Gasteiger partial charge in [0.2, 0.25) is 12.4 Å². The maximum absolute atomic E-state index is 11.3. The maximum Gasteiger partial charge on any atom is 0.206 e. The summed E-state index contributed by atoms with van der Waals surface area (Å²) in [6.45, 7) is 0. The van der Waals surface area contributed by atoms with Crippen LogP contribution in [0.5, 0.6) is 5.75 Å². The van der Waals surface area contributed by atoms with Gasteiger partial charge in [0.25, 0.3) is 0 Å². The van der Waals surface area contributed by atoms with E-state index >= 15 is 0 Å². The molecule has 0 saturated heterocycles. The Bertz CT molecular complexity index is 1720. The second-order valence-corrected chi connectivity index (χ2v) is 6.90. The molecule has 140 valence electrons. The number of nitriles is 2. The van der Waals surface area contributed by atoms with Crippen LogP contribution >= 0.6 is 0 Å². The number of fused-ring (bicyclic) bond motifs is 6. The summed E-state index contributed by atoms with van der Waals surface area (Å²) in [5, 5.41) is 26.4. The van der Waals surface area contributed by atoms with Gasteiger partial charge in [0, 0.05) is 27.1 Å². The molecule has 0 aliphatic rings. The van der Waals surface area contributed by atoms with Gasteiger partial charge in [-0.1, -0.05) is 12.1 Å². The lowest BCUT2D eigenvalue weighted by atomic mass is 10.1. The molecule has 6 heteroatoms. The molecule has 5 aromatic rings. The third kappa shape index (κ3) is 2.32. The van der Waals surface area contributed by atoms with Gasteiger partial charge in [-0.15, -0.1) is 0 Å². The van der Waals surface area contributed by atoms with Gasteiger partial charge in [0.15, 0.2) is 0 Å². The highest BCUT2D eigenvalue weighted by atomic mass is 16.5. The van der Waals surface area contributed by atoms with Crippen LogP contribution in [0.3, 0.4) is 0 Å². The van der Waals surface area contributed by atoms with Crippen molar-refractivity contribution in [3.63, 3.8) is 0 Å². The molecule has 0 aliphatic carbocycles. The van der Waals surface area contributed by atoms with Crippen molar-refractivity contribution < 1.29 is 9.53 Å². The molecule has 0 aliphatic heterocycles. The van der Waals surface area contributed by atoms with Crippen molar-refractivity contribution >= 4 is 49.4 Å². The van der Waals surface area contributed by atoms with Crippen molar-refractivity contribution in [1.29, 1.82) is 10.5 Å². The fraction of sp³-hybridized carbons (Fsp3) is 0.0417. The molecule has 0 aromatic heterocycles. The van der Waals surface area contributed by atoms with E-state index in [-0.39, 0.29) is 0 Å². The number of aldehydes is 1. The molecular formula is C24H12N4O2. The predicted octanol–water partition coefficient (Wildman–Crippen LogP) is 3.76. The van der Waals surface area contributed by atoms with Crippen LogP contribution in [0.25, 0.3) is 43.1 Å². The summed E-state index contributed by atoms with van der Waals surface area (Å²) in [6.07, 6.45) is 4.57. The third-order valence-electron chi connectivity index (χ3n) is 5.49. The van der Waals surface area contributed by atoms with Gasteiger partial charge < -0.3 is 4.74 Å². The molecule has 0 amide bonds. The first-order chi connectivity index (χ1) is 14.7. The number of hydrogen-bond donors (Lipinski definition) is 0. The smallest absolute Gasteiger partial charge is 0.206 e. The molecule has 0 heterocycles. The molecule has 0 saturated carbocycles. The van der Waals surface area contributed by atoms with E-state index in [0.29, 0.717) is 22.0 Å². The zero-order valence-electron chi connectivity index (χ0n) is 15.8. The second-order valence-electron chi connectivity index (χ2n) is 6.90. The number of carbonyl (C=O) groups excluding carboxylic acids is 1. The highest BCUT2D eigenvalue weighted by Gasteiger charge is 2.16. The summed E-state index contributed by atoms with van der Waals surface area (Å²) < 4.78 is 5.37. The lowest BCUT2D eigenvalue weighted by Gasteiger charge is -1.99. The van der Waals surface area contributed by atoms with E-state index in [2.05, 4.69) is 9.98 Å². The van der Waals surface area contributed by atoms with Crippen molar-refractivity contribution in [2.75, 3.05) is 7.11 Å². The second kappa shape index (κ2) is 6.51. The van der Waals surface area contributed by atoms with E-state index in [1.807, 2.05) is 48.8 Å².